The van der Waals surface area contributed by atoms with Gasteiger partial charge in [0, 0.05) is 20.1 Å². The first-order chi connectivity index (χ1) is 9.03. The molecule has 1 aromatic rings. The predicted molar refractivity (Wildman–Crippen MR) is 72.1 cm³/mol. The van der Waals surface area contributed by atoms with Gasteiger partial charge in [-0.3, -0.25) is 4.79 Å². The molecular formula is C14H20N2O3. The van der Waals surface area contributed by atoms with E-state index in [9.17, 15) is 4.79 Å². The molecule has 0 atom stereocenters. The molecule has 19 heavy (non-hydrogen) atoms. The molecule has 1 aromatic carbocycles. The van der Waals surface area contributed by atoms with Gasteiger partial charge in [0.2, 0.25) is 12.7 Å². The fraction of sp³-hybridized carbons (Fsp3) is 0.500. The lowest BCUT2D eigenvalue weighted by atomic mass is 9.92. The van der Waals surface area contributed by atoms with E-state index < -0.39 is 5.41 Å². The zero-order chi connectivity index (χ0) is 13.9. The van der Waals surface area contributed by atoms with Crippen LogP contribution in [0.3, 0.4) is 0 Å². The van der Waals surface area contributed by atoms with Crippen LogP contribution in [0, 0.1) is 5.41 Å². The molecule has 2 rings (SSSR count). The van der Waals surface area contributed by atoms with E-state index in [4.69, 9.17) is 9.47 Å². The maximum absolute atomic E-state index is 11.6. The van der Waals surface area contributed by atoms with E-state index in [-0.39, 0.29) is 12.7 Å². The van der Waals surface area contributed by atoms with E-state index in [2.05, 4.69) is 10.6 Å². The molecule has 0 saturated carbocycles. The third-order valence-electron chi connectivity index (χ3n) is 3.17. The molecule has 0 saturated heterocycles. The number of amides is 1. The molecule has 1 aliphatic heterocycles. The molecule has 1 heterocycles. The second-order valence-electron chi connectivity index (χ2n) is 5.25. The molecule has 0 radical (unpaired) electrons. The van der Waals surface area contributed by atoms with E-state index in [1.165, 1.54) is 0 Å². The van der Waals surface area contributed by atoms with Crippen LogP contribution in [-0.2, 0) is 11.3 Å². The van der Waals surface area contributed by atoms with Crippen LogP contribution in [0.25, 0.3) is 0 Å². The number of hydrogen-bond acceptors (Lipinski definition) is 4. The van der Waals surface area contributed by atoms with Crippen molar-refractivity contribution in [2.75, 3.05) is 20.4 Å². The Morgan fingerprint density at radius 2 is 2.05 bits per heavy atom. The lowest BCUT2D eigenvalue weighted by molar-refractivity contribution is -0.128. The van der Waals surface area contributed by atoms with Crippen molar-refractivity contribution >= 4 is 5.91 Å². The molecule has 104 valence electrons. The summed E-state index contributed by atoms with van der Waals surface area (Å²) in [4.78, 5) is 11.6. The van der Waals surface area contributed by atoms with Gasteiger partial charge in [0.1, 0.15) is 0 Å². The number of fused-ring (bicyclic) bond motifs is 1. The van der Waals surface area contributed by atoms with Gasteiger partial charge in [-0.05, 0) is 31.5 Å². The van der Waals surface area contributed by atoms with Crippen molar-refractivity contribution in [2.45, 2.75) is 20.4 Å². The minimum Gasteiger partial charge on any atom is -0.454 e. The molecular weight excluding hydrogens is 244 g/mol. The van der Waals surface area contributed by atoms with Gasteiger partial charge in [-0.1, -0.05) is 6.07 Å². The first kappa shape index (κ1) is 13.7. The van der Waals surface area contributed by atoms with E-state index in [0.717, 1.165) is 17.1 Å². The Bertz CT molecular complexity index is 472. The quantitative estimate of drug-likeness (QED) is 0.841. The van der Waals surface area contributed by atoms with Crippen LogP contribution in [0.2, 0.25) is 0 Å². The van der Waals surface area contributed by atoms with E-state index in [0.29, 0.717) is 13.1 Å². The van der Waals surface area contributed by atoms with Gasteiger partial charge < -0.3 is 20.1 Å². The minimum atomic E-state index is -0.426. The molecule has 5 heteroatoms. The van der Waals surface area contributed by atoms with Crippen molar-refractivity contribution in [1.82, 2.24) is 10.6 Å². The van der Waals surface area contributed by atoms with E-state index in [1.807, 2.05) is 32.0 Å². The molecule has 1 aliphatic rings. The first-order valence-corrected chi connectivity index (χ1v) is 6.34. The highest BCUT2D eigenvalue weighted by Crippen LogP contribution is 2.32. The number of carbonyl (C=O) groups is 1. The van der Waals surface area contributed by atoms with E-state index >= 15 is 0 Å². The summed E-state index contributed by atoms with van der Waals surface area (Å²) in [6, 6.07) is 5.86. The number of ether oxygens (including phenoxy) is 2. The Balaban J connectivity index is 1.88. The van der Waals surface area contributed by atoms with Crippen molar-refractivity contribution in [2.24, 2.45) is 5.41 Å². The fourth-order valence-electron chi connectivity index (χ4n) is 1.99. The summed E-state index contributed by atoms with van der Waals surface area (Å²) in [5, 5.41) is 5.96. The molecule has 5 nitrogen and oxygen atoms in total. The summed E-state index contributed by atoms with van der Waals surface area (Å²) >= 11 is 0. The highest BCUT2D eigenvalue weighted by molar-refractivity contribution is 5.81. The normalized spacial score (nSPS) is 13.4. The Kier molecular flexibility index (Phi) is 3.95. The van der Waals surface area contributed by atoms with Crippen molar-refractivity contribution in [3.8, 4) is 11.5 Å². The topological polar surface area (TPSA) is 59.6 Å². The van der Waals surface area contributed by atoms with Gasteiger partial charge in [0.05, 0.1) is 5.41 Å². The zero-order valence-electron chi connectivity index (χ0n) is 11.6. The van der Waals surface area contributed by atoms with Crippen LogP contribution >= 0.6 is 0 Å². The third-order valence-corrected chi connectivity index (χ3v) is 3.17. The summed E-state index contributed by atoms with van der Waals surface area (Å²) < 4.78 is 10.6. The second-order valence-corrected chi connectivity index (χ2v) is 5.25. The number of hydrogen-bond donors (Lipinski definition) is 2. The van der Waals surface area contributed by atoms with Crippen LogP contribution in [0.1, 0.15) is 19.4 Å². The van der Waals surface area contributed by atoms with Crippen molar-refractivity contribution in [1.29, 1.82) is 0 Å². The third kappa shape index (κ3) is 3.17. The SMILES string of the molecule is CNC(=O)C(C)(C)CNCc1ccc2c(c1)OCO2. The minimum absolute atomic E-state index is 0.0330. The maximum Gasteiger partial charge on any atom is 0.231 e. The first-order valence-electron chi connectivity index (χ1n) is 6.34. The van der Waals surface area contributed by atoms with Crippen LogP contribution in [-0.4, -0.2) is 26.3 Å². The molecule has 0 spiro atoms. The summed E-state index contributed by atoms with van der Waals surface area (Å²) in [6.45, 7) is 5.42. The van der Waals surface area contributed by atoms with Gasteiger partial charge in [-0.25, -0.2) is 0 Å². The smallest absolute Gasteiger partial charge is 0.231 e. The maximum atomic E-state index is 11.6. The monoisotopic (exact) mass is 264 g/mol. The molecule has 2 N–H and O–H groups in total. The van der Waals surface area contributed by atoms with Gasteiger partial charge in [0.25, 0.3) is 0 Å². The standard InChI is InChI=1S/C14H20N2O3/c1-14(2,13(17)15-3)8-16-7-10-4-5-11-12(6-10)19-9-18-11/h4-6,16H,7-9H2,1-3H3,(H,15,17). The Hall–Kier alpha value is -1.75. The Morgan fingerprint density at radius 1 is 1.32 bits per heavy atom. The van der Waals surface area contributed by atoms with Gasteiger partial charge in [-0.2, -0.15) is 0 Å². The lowest BCUT2D eigenvalue weighted by Crippen LogP contribution is -2.41. The summed E-state index contributed by atoms with van der Waals surface area (Å²) in [5.74, 6) is 1.60. The Labute approximate surface area is 113 Å². The number of benzene rings is 1. The predicted octanol–water partition coefficient (Wildman–Crippen LogP) is 1.28. The van der Waals surface area contributed by atoms with Crippen molar-refractivity contribution in [3.05, 3.63) is 23.8 Å². The molecule has 0 aliphatic carbocycles. The van der Waals surface area contributed by atoms with E-state index in [1.54, 1.807) is 7.05 Å². The largest absolute Gasteiger partial charge is 0.454 e. The molecule has 1 amide bonds. The number of carbonyl (C=O) groups excluding carboxylic acids is 1. The van der Waals surface area contributed by atoms with Crippen LogP contribution < -0.4 is 20.1 Å². The van der Waals surface area contributed by atoms with Crippen molar-refractivity contribution < 1.29 is 14.3 Å². The number of rotatable bonds is 5. The molecule has 0 fully saturated rings. The zero-order valence-corrected chi connectivity index (χ0v) is 11.6. The average molecular weight is 264 g/mol. The average Bonchev–Trinajstić information content (AvgIpc) is 2.84. The lowest BCUT2D eigenvalue weighted by Gasteiger charge is -2.22. The van der Waals surface area contributed by atoms with Crippen LogP contribution in [0.5, 0.6) is 11.5 Å². The summed E-state index contributed by atoms with van der Waals surface area (Å²) in [6.07, 6.45) is 0. The van der Waals surface area contributed by atoms with Crippen LogP contribution in [0.15, 0.2) is 18.2 Å². The van der Waals surface area contributed by atoms with Gasteiger partial charge in [-0.15, -0.1) is 0 Å². The van der Waals surface area contributed by atoms with Gasteiger partial charge in [0.15, 0.2) is 11.5 Å². The molecule has 0 unspecified atom stereocenters. The molecule has 0 bridgehead atoms. The highest BCUT2D eigenvalue weighted by atomic mass is 16.7. The second kappa shape index (κ2) is 5.48. The molecule has 0 aromatic heterocycles. The van der Waals surface area contributed by atoms with Gasteiger partial charge >= 0.3 is 0 Å². The van der Waals surface area contributed by atoms with Crippen LogP contribution in [0.4, 0.5) is 0 Å². The Morgan fingerprint density at radius 3 is 2.79 bits per heavy atom. The summed E-state index contributed by atoms with van der Waals surface area (Å²) in [7, 11) is 1.65. The van der Waals surface area contributed by atoms with Crippen molar-refractivity contribution in [3.63, 3.8) is 0 Å². The fourth-order valence-corrected chi connectivity index (χ4v) is 1.99. The summed E-state index contributed by atoms with van der Waals surface area (Å²) in [5.41, 5.74) is 0.683. The number of nitrogens with one attached hydrogen (secondary N) is 2. The highest BCUT2D eigenvalue weighted by Gasteiger charge is 2.25.